The highest BCUT2D eigenvalue weighted by atomic mass is 79.9. The van der Waals surface area contributed by atoms with E-state index >= 15 is 0 Å². The lowest BCUT2D eigenvalue weighted by molar-refractivity contribution is -0.118. The van der Waals surface area contributed by atoms with Crippen LogP contribution in [0.1, 0.15) is 33.9 Å². The summed E-state index contributed by atoms with van der Waals surface area (Å²) < 4.78 is 12.1. The fourth-order valence-corrected chi connectivity index (χ4v) is 4.61. The molecule has 4 N–H and O–H groups in total. The molecule has 0 aliphatic carbocycles. The third-order valence-corrected chi connectivity index (χ3v) is 5.93. The van der Waals surface area contributed by atoms with E-state index in [0.29, 0.717) is 17.2 Å². The number of hydrogen-bond acceptors (Lipinski definition) is 6. The summed E-state index contributed by atoms with van der Waals surface area (Å²) in [5.74, 6) is 0.280. The van der Waals surface area contributed by atoms with E-state index in [-0.39, 0.29) is 18.4 Å². The number of nitrogens with two attached hydrogens (primary N) is 1. The average molecular weight is 508 g/mol. The first kappa shape index (κ1) is 22.4. The number of aryl methyl sites for hydroxylation is 3. The number of amides is 1. The Balaban J connectivity index is 1.48. The zero-order valence-corrected chi connectivity index (χ0v) is 19.9. The summed E-state index contributed by atoms with van der Waals surface area (Å²) in [5.41, 5.74) is 11.4. The van der Waals surface area contributed by atoms with Crippen molar-refractivity contribution in [2.75, 3.05) is 11.9 Å². The van der Waals surface area contributed by atoms with Crippen molar-refractivity contribution in [2.24, 2.45) is 5.73 Å². The molecule has 0 fully saturated rings. The summed E-state index contributed by atoms with van der Waals surface area (Å²) in [6, 6.07) is 13.2. The van der Waals surface area contributed by atoms with E-state index in [0.717, 1.165) is 38.1 Å². The summed E-state index contributed by atoms with van der Waals surface area (Å²) in [6.07, 6.45) is 0. The average Bonchev–Trinajstić information content (AvgIpc) is 3.14. The van der Waals surface area contributed by atoms with E-state index in [9.17, 15) is 10.1 Å². The number of ether oxygens (including phenoxy) is 2. The number of halogens is 1. The standard InChI is InChI=1S/C24H22BrN5O3/c1-12-8-16(25)9-13(2)22(12)28-19(31)11-32-17-6-4-15(5-7-17)21-18(10-26)23(27)33-24-20(21)14(3)29-30-24/h4-9,21H,11,27H2,1-3H3,(H,28,31)(H,29,30). The normalized spacial score (nSPS) is 14.8. The van der Waals surface area contributed by atoms with Gasteiger partial charge in [-0.05, 0) is 61.7 Å². The van der Waals surface area contributed by atoms with Crippen molar-refractivity contribution >= 4 is 27.5 Å². The second kappa shape index (κ2) is 9.00. The molecule has 1 atom stereocenters. The molecule has 0 spiro atoms. The number of aromatic amines is 1. The van der Waals surface area contributed by atoms with Gasteiger partial charge in [0.2, 0.25) is 11.8 Å². The SMILES string of the molecule is Cc1cc(Br)cc(C)c1NC(=O)COc1ccc(C2C(C#N)=C(N)Oc3n[nH]c(C)c32)cc1. The molecule has 1 aliphatic rings. The molecule has 33 heavy (non-hydrogen) atoms. The molecular weight excluding hydrogens is 486 g/mol. The van der Waals surface area contributed by atoms with E-state index in [1.54, 1.807) is 12.1 Å². The Labute approximate surface area is 199 Å². The summed E-state index contributed by atoms with van der Waals surface area (Å²) >= 11 is 3.45. The summed E-state index contributed by atoms with van der Waals surface area (Å²) in [6.45, 7) is 5.61. The lowest BCUT2D eigenvalue weighted by Gasteiger charge is -2.23. The number of nitrogens with one attached hydrogen (secondary N) is 2. The molecule has 9 heteroatoms. The first-order valence-electron chi connectivity index (χ1n) is 10.2. The van der Waals surface area contributed by atoms with Crippen LogP contribution in [-0.2, 0) is 4.79 Å². The van der Waals surface area contributed by atoms with Crippen LogP contribution in [0, 0.1) is 32.1 Å². The molecule has 4 rings (SSSR count). The third kappa shape index (κ3) is 4.43. The molecule has 168 valence electrons. The molecule has 2 heterocycles. The van der Waals surface area contributed by atoms with Crippen LogP contribution in [0.5, 0.6) is 11.6 Å². The highest BCUT2D eigenvalue weighted by Crippen LogP contribution is 2.42. The van der Waals surface area contributed by atoms with Gasteiger partial charge >= 0.3 is 0 Å². The number of nitrogens with zero attached hydrogens (tertiary/aromatic N) is 2. The summed E-state index contributed by atoms with van der Waals surface area (Å²) in [5, 5.41) is 19.6. The number of nitriles is 1. The minimum atomic E-state index is -0.404. The van der Waals surface area contributed by atoms with Crippen molar-refractivity contribution < 1.29 is 14.3 Å². The molecular formula is C24H22BrN5O3. The smallest absolute Gasteiger partial charge is 0.262 e. The Bertz CT molecular complexity index is 1280. The van der Waals surface area contributed by atoms with Gasteiger partial charge in [-0.15, -0.1) is 5.10 Å². The van der Waals surface area contributed by atoms with Crippen LogP contribution in [0.15, 0.2) is 52.3 Å². The number of carbonyl (C=O) groups is 1. The van der Waals surface area contributed by atoms with Crippen LogP contribution in [-0.4, -0.2) is 22.7 Å². The Morgan fingerprint density at radius 2 is 1.94 bits per heavy atom. The van der Waals surface area contributed by atoms with Gasteiger partial charge in [-0.1, -0.05) is 28.1 Å². The highest BCUT2D eigenvalue weighted by molar-refractivity contribution is 9.10. The van der Waals surface area contributed by atoms with E-state index in [1.165, 1.54) is 0 Å². The van der Waals surface area contributed by atoms with Crippen LogP contribution in [0.4, 0.5) is 5.69 Å². The van der Waals surface area contributed by atoms with Crippen molar-refractivity contribution in [1.29, 1.82) is 5.26 Å². The first-order chi connectivity index (χ1) is 15.8. The largest absolute Gasteiger partial charge is 0.484 e. The van der Waals surface area contributed by atoms with Gasteiger partial charge in [0.05, 0.1) is 5.92 Å². The number of carbonyl (C=O) groups excluding carboxylic acids is 1. The topological polar surface area (TPSA) is 126 Å². The highest BCUT2D eigenvalue weighted by Gasteiger charge is 2.34. The van der Waals surface area contributed by atoms with E-state index in [2.05, 4.69) is 37.5 Å². The number of rotatable bonds is 5. The number of benzene rings is 2. The second-order valence-electron chi connectivity index (χ2n) is 7.81. The molecule has 1 aromatic heterocycles. The zero-order valence-electron chi connectivity index (χ0n) is 18.3. The van der Waals surface area contributed by atoms with Gasteiger partial charge in [0.1, 0.15) is 17.4 Å². The molecule has 0 radical (unpaired) electrons. The maximum Gasteiger partial charge on any atom is 0.262 e. The minimum Gasteiger partial charge on any atom is -0.484 e. The zero-order chi connectivity index (χ0) is 23.7. The molecule has 1 amide bonds. The lowest BCUT2D eigenvalue weighted by Crippen LogP contribution is -2.21. The third-order valence-electron chi connectivity index (χ3n) is 5.47. The maximum atomic E-state index is 12.4. The van der Waals surface area contributed by atoms with E-state index in [1.807, 2.05) is 45.0 Å². The number of hydrogen-bond donors (Lipinski definition) is 3. The predicted molar refractivity (Wildman–Crippen MR) is 127 cm³/mol. The maximum absolute atomic E-state index is 12.4. The van der Waals surface area contributed by atoms with Gasteiger partial charge < -0.3 is 20.5 Å². The Morgan fingerprint density at radius 1 is 1.27 bits per heavy atom. The van der Waals surface area contributed by atoms with Gasteiger partial charge in [-0.25, -0.2) is 0 Å². The Kier molecular flexibility index (Phi) is 6.11. The fraction of sp³-hybridized carbons (Fsp3) is 0.208. The lowest BCUT2D eigenvalue weighted by atomic mass is 9.84. The molecule has 2 aromatic carbocycles. The van der Waals surface area contributed by atoms with Gasteiger partial charge in [0.25, 0.3) is 5.91 Å². The van der Waals surface area contributed by atoms with Gasteiger partial charge in [0, 0.05) is 21.4 Å². The molecule has 8 nitrogen and oxygen atoms in total. The quantitative estimate of drug-likeness (QED) is 0.471. The van der Waals surface area contributed by atoms with Gasteiger partial charge in [0.15, 0.2) is 6.61 Å². The molecule has 3 aromatic rings. The number of anilines is 1. The monoisotopic (exact) mass is 507 g/mol. The van der Waals surface area contributed by atoms with E-state index < -0.39 is 5.92 Å². The van der Waals surface area contributed by atoms with Crippen molar-refractivity contribution in [2.45, 2.75) is 26.7 Å². The second-order valence-corrected chi connectivity index (χ2v) is 8.73. The van der Waals surface area contributed by atoms with Crippen molar-refractivity contribution in [3.63, 3.8) is 0 Å². The van der Waals surface area contributed by atoms with Gasteiger partial charge in [-0.3, -0.25) is 9.89 Å². The van der Waals surface area contributed by atoms with Crippen molar-refractivity contribution in [3.8, 4) is 17.7 Å². The fourth-order valence-electron chi connectivity index (χ4n) is 3.92. The van der Waals surface area contributed by atoms with Crippen molar-refractivity contribution in [3.05, 3.63) is 80.3 Å². The first-order valence-corrected chi connectivity index (χ1v) is 11.0. The van der Waals surface area contributed by atoms with Crippen LogP contribution in [0.25, 0.3) is 0 Å². The Morgan fingerprint density at radius 3 is 2.58 bits per heavy atom. The predicted octanol–water partition coefficient (Wildman–Crippen LogP) is 4.33. The number of H-pyrrole nitrogens is 1. The molecule has 0 saturated carbocycles. The van der Waals surface area contributed by atoms with Crippen LogP contribution in [0.2, 0.25) is 0 Å². The Hall–Kier alpha value is -3.77. The number of aromatic nitrogens is 2. The van der Waals surface area contributed by atoms with Crippen LogP contribution < -0.4 is 20.5 Å². The minimum absolute atomic E-state index is 0.0389. The summed E-state index contributed by atoms with van der Waals surface area (Å²) in [7, 11) is 0. The van der Waals surface area contributed by atoms with Crippen molar-refractivity contribution in [1.82, 2.24) is 10.2 Å². The molecule has 0 saturated heterocycles. The number of allylic oxidation sites excluding steroid dienone is 1. The molecule has 1 unspecified atom stereocenters. The number of fused-ring (bicyclic) bond motifs is 1. The van der Waals surface area contributed by atoms with Crippen LogP contribution in [0.3, 0.4) is 0 Å². The van der Waals surface area contributed by atoms with Crippen LogP contribution >= 0.6 is 15.9 Å². The van der Waals surface area contributed by atoms with E-state index in [4.69, 9.17) is 15.2 Å². The summed E-state index contributed by atoms with van der Waals surface area (Å²) in [4.78, 5) is 12.4. The molecule has 1 aliphatic heterocycles. The molecule has 0 bridgehead atoms. The van der Waals surface area contributed by atoms with Gasteiger partial charge in [-0.2, -0.15) is 5.26 Å².